The number of carbonyl (C=O) groups is 1. The van der Waals surface area contributed by atoms with Gasteiger partial charge in [-0.25, -0.2) is 25.2 Å². The smallest absolute Gasteiger partial charge is 0.406 e. The number of aryl methyl sites for hydroxylation is 3. The van der Waals surface area contributed by atoms with E-state index in [0.29, 0.717) is 17.3 Å². The van der Waals surface area contributed by atoms with Crippen molar-refractivity contribution in [2.24, 2.45) is 0 Å². The Morgan fingerprint density at radius 2 is 2.07 bits per heavy atom. The average Bonchev–Trinajstić information content (AvgIpc) is 3.21. The van der Waals surface area contributed by atoms with E-state index < -0.39 is 6.09 Å². The van der Waals surface area contributed by atoms with Gasteiger partial charge in [-0.2, -0.15) is 0 Å². The maximum Gasteiger partial charge on any atom is 0.432 e. The number of hydrogen-bond donors (Lipinski definition) is 1. The van der Waals surface area contributed by atoms with E-state index in [4.69, 9.17) is 4.74 Å². The molecule has 0 saturated heterocycles. The highest BCUT2D eigenvalue weighted by Crippen LogP contribution is 2.23. The topological polar surface area (TPSA) is 94.8 Å². The number of carbonyl (C=O) groups excluding carboxylic acids is 1. The van der Waals surface area contributed by atoms with Crippen molar-refractivity contribution < 1.29 is 9.53 Å². The molecule has 0 spiro atoms. The second kappa shape index (κ2) is 6.76. The van der Waals surface area contributed by atoms with Crippen molar-refractivity contribution in [3.63, 3.8) is 0 Å². The van der Waals surface area contributed by atoms with Crippen LogP contribution >= 0.6 is 11.3 Å². The van der Waals surface area contributed by atoms with Crippen LogP contribution in [-0.2, 0) is 0 Å². The lowest BCUT2D eigenvalue weighted by molar-refractivity contribution is 0.211. The Labute approximate surface area is 158 Å². The van der Waals surface area contributed by atoms with Crippen LogP contribution in [0.15, 0.2) is 36.2 Å². The SMILES string of the molecule is Cc1csc(-c2ncc(OC(=O)Nn3cc(C)c4cnccc43)c(C)n2)n1. The third-order valence-corrected chi connectivity index (χ3v) is 4.92. The standard InChI is InChI=1S/C18H16N6O2S/c1-10-8-24(14-4-5-19-6-13(10)14)23-18(25)26-15-7-20-16(22-12(15)3)17-21-11(2)9-27-17/h4-9H,1-3H3,(H,23,25). The molecular weight excluding hydrogens is 364 g/mol. The zero-order valence-corrected chi connectivity index (χ0v) is 15.7. The quantitative estimate of drug-likeness (QED) is 0.583. The molecule has 1 N–H and O–H groups in total. The minimum Gasteiger partial charge on any atom is -0.406 e. The first-order valence-corrected chi connectivity index (χ1v) is 9.06. The normalized spacial score (nSPS) is 10.9. The summed E-state index contributed by atoms with van der Waals surface area (Å²) < 4.78 is 6.98. The fourth-order valence-corrected chi connectivity index (χ4v) is 3.40. The van der Waals surface area contributed by atoms with Gasteiger partial charge < -0.3 is 4.74 Å². The molecule has 136 valence electrons. The van der Waals surface area contributed by atoms with Gasteiger partial charge in [0.25, 0.3) is 0 Å². The third kappa shape index (κ3) is 3.36. The Hall–Kier alpha value is -3.33. The lowest BCUT2D eigenvalue weighted by Crippen LogP contribution is -2.25. The number of hydrogen-bond acceptors (Lipinski definition) is 7. The first-order valence-electron chi connectivity index (χ1n) is 8.18. The van der Waals surface area contributed by atoms with Gasteiger partial charge in [0.15, 0.2) is 16.6 Å². The van der Waals surface area contributed by atoms with E-state index in [1.165, 1.54) is 17.5 Å². The van der Waals surface area contributed by atoms with E-state index >= 15 is 0 Å². The molecule has 9 heteroatoms. The molecule has 0 aliphatic rings. The predicted molar refractivity (Wildman–Crippen MR) is 102 cm³/mol. The number of rotatable bonds is 3. The Bertz CT molecular complexity index is 1150. The molecule has 0 aromatic carbocycles. The summed E-state index contributed by atoms with van der Waals surface area (Å²) in [7, 11) is 0. The zero-order valence-electron chi connectivity index (χ0n) is 14.9. The summed E-state index contributed by atoms with van der Waals surface area (Å²) >= 11 is 1.47. The molecule has 4 aromatic heterocycles. The van der Waals surface area contributed by atoms with Crippen molar-refractivity contribution in [3.05, 3.63) is 53.2 Å². The minimum atomic E-state index is -0.631. The lowest BCUT2D eigenvalue weighted by atomic mass is 10.2. The van der Waals surface area contributed by atoms with Crippen molar-refractivity contribution in [2.75, 3.05) is 5.43 Å². The zero-order chi connectivity index (χ0) is 19.0. The molecule has 0 aliphatic heterocycles. The molecule has 4 rings (SSSR count). The summed E-state index contributed by atoms with van der Waals surface area (Å²) in [5, 5.41) is 3.63. The Morgan fingerprint density at radius 3 is 2.81 bits per heavy atom. The Morgan fingerprint density at radius 1 is 1.22 bits per heavy atom. The minimum absolute atomic E-state index is 0.291. The number of nitrogens with one attached hydrogen (secondary N) is 1. The molecule has 0 radical (unpaired) electrons. The monoisotopic (exact) mass is 380 g/mol. The maximum atomic E-state index is 12.3. The van der Waals surface area contributed by atoms with Crippen LogP contribution in [0.4, 0.5) is 4.79 Å². The van der Waals surface area contributed by atoms with Gasteiger partial charge in [-0.3, -0.25) is 9.66 Å². The number of nitrogens with zero attached hydrogens (tertiary/aromatic N) is 5. The van der Waals surface area contributed by atoms with Crippen LogP contribution < -0.4 is 10.2 Å². The number of pyridine rings is 1. The van der Waals surface area contributed by atoms with Gasteiger partial charge >= 0.3 is 6.09 Å². The van der Waals surface area contributed by atoms with Crippen LogP contribution in [0.25, 0.3) is 21.7 Å². The molecular formula is C18H16N6O2S. The van der Waals surface area contributed by atoms with Gasteiger partial charge in [-0.05, 0) is 32.4 Å². The molecule has 0 bridgehead atoms. The summed E-state index contributed by atoms with van der Waals surface area (Å²) in [5.41, 5.74) is 6.00. The number of amides is 1. The van der Waals surface area contributed by atoms with Crippen molar-refractivity contribution in [2.45, 2.75) is 20.8 Å². The highest BCUT2D eigenvalue weighted by atomic mass is 32.1. The fraction of sp³-hybridized carbons (Fsp3) is 0.167. The lowest BCUT2D eigenvalue weighted by Gasteiger charge is -2.10. The highest BCUT2D eigenvalue weighted by Gasteiger charge is 2.14. The number of fused-ring (bicyclic) bond motifs is 1. The van der Waals surface area contributed by atoms with E-state index in [2.05, 4.69) is 25.4 Å². The summed E-state index contributed by atoms with van der Waals surface area (Å²) in [5.74, 6) is 0.803. The maximum absolute atomic E-state index is 12.3. The van der Waals surface area contributed by atoms with Crippen molar-refractivity contribution in [1.82, 2.24) is 24.6 Å². The van der Waals surface area contributed by atoms with E-state index in [1.807, 2.05) is 31.5 Å². The first kappa shape index (κ1) is 17.1. The highest BCUT2D eigenvalue weighted by molar-refractivity contribution is 7.13. The van der Waals surface area contributed by atoms with Crippen LogP contribution in [-0.4, -0.2) is 30.7 Å². The molecule has 4 aromatic rings. The summed E-state index contributed by atoms with van der Waals surface area (Å²) in [6.07, 6.45) is 6.09. The first-order chi connectivity index (χ1) is 13.0. The fourth-order valence-electron chi connectivity index (χ4n) is 2.66. The molecule has 0 saturated carbocycles. The van der Waals surface area contributed by atoms with Gasteiger partial charge in [0.1, 0.15) is 0 Å². The largest absolute Gasteiger partial charge is 0.432 e. The Kier molecular flexibility index (Phi) is 4.28. The van der Waals surface area contributed by atoms with E-state index in [0.717, 1.165) is 27.2 Å². The van der Waals surface area contributed by atoms with Crippen LogP contribution in [0.5, 0.6) is 5.75 Å². The summed E-state index contributed by atoms with van der Waals surface area (Å²) in [6.45, 7) is 5.62. The van der Waals surface area contributed by atoms with Crippen LogP contribution in [0, 0.1) is 20.8 Å². The number of aromatic nitrogens is 5. The van der Waals surface area contributed by atoms with Gasteiger partial charge in [-0.15, -0.1) is 11.3 Å². The van der Waals surface area contributed by atoms with Crippen LogP contribution in [0.2, 0.25) is 0 Å². The molecule has 1 amide bonds. The van der Waals surface area contributed by atoms with Gasteiger partial charge in [0.05, 0.1) is 17.4 Å². The summed E-state index contributed by atoms with van der Waals surface area (Å²) in [6, 6.07) is 1.82. The van der Waals surface area contributed by atoms with E-state index in [-0.39, 0.29) is 0 Å². The molecule has 0 fully saturated rings. The van der Waals surface area contributed by atoms with Crippen molar-refractivity contribution >= 4 is 28.3 Å². The third-order valence-electron chi connectivity index (χ3n) is 3.96. The molecule has 8 nitrogen and oxygen atoms in total. The number of ether oxygens (including phenoxy) is 1. The average molecular weight is 380 g/mol. The van der Waals surface area contributed by atoms with Gasteiger partial charge in [0.2, 0.25) is 0 Å². The van der Waals surface area contributed by atoms with Gasteiger partial charge in [0, 0.05) is 35.1 Å². The molecule has 0 atom stereocenters. The second-order valence-electron chi connectivity index (χ2n) is 6.01. The van der Waals surface area contributed by atoms with Crippen LogP contribution in [0.1, 0.15) is 17.0 Å². The van der Waals surface area contributed by atoms with Crippen molar-refractivity contribution in [3.8, 4) is 16.6 Å². The molecule has 27 heavy (non-hydrogen) atoms. The van der Waals surface area contributed by atoms with Crippen molar-refractivity contribution in [1.29, 1.82) is 0 Å². The molecule has 0 aliphatic carbocycles. The Balaban J connectivity index is 1.52. The number of thiazole rings is 1. The van der Waals surface area contributed by atoms with E-state index in [9.17, 15) is 4.79 Å². The molecule has 4 heterocycles. The van der Waals surface area contributed by atoms with Gasteiger partial charge in [-0.1, -0.05) is 0 Å². The van der Waals surface area contributed by atoms with Crippen LogP contribution in [0.3, 0.4) is 0 Å². The second-order valence-corrected chi connectivity index (χ2v) is 6.87. The predicted octanol–water partition coefficient (Wildman–Crippen LogP) is 3.62. The van der Waals surface area contributed by atoms with E-state index in [1.54, 1.807) is 24.0 Å². The summed E-state index contributed by atoms with van der Waals surface area (Å²) in [4.78, 5) is 29.4. The molecule has 0 unspecified atom stereocenters.